The number of nitro benzene ring substituents is 1. The normalized spacial score (nSPS) is 10.3. The summed E-state index contributed by atoms with van der Waals surface area (Å²) < 4.78 is 5.53. The minimum atomic E-state index is -0.460. The molecule has 0 atom stereocenters. The van der Waals surface area contributed by atoms with Gasteiger partial charge in [0.2, 0.25) is 0 Å². The molecule has 0 amide bonds. The van der Waals surface area contributed by atoms with E-state index in [0.29, 0.717) is 17.4 Å². The molecule has 0 N–H and O–H groups in total. The molecule has 0 spiro atoms. The van der Waals surface area contributed by atoms with Crippen LogP contribution in [-0.4, -0.2) is 11.5 Å². The summed E-state index contributed by atoms with van der Waals surface area (Å²) in [7, 11) is 0. The van der Waals surface area contributed by atoms with E-state index in [1.807, 2.05) is 18.2 Å². The van der Waals surface area contributed by atoms with E-state index in [1.54, 1.807) is 0 Å². The Kier molecular flexibility index (Phi) is 5.58. The second kappa shape index (κ2) is 7.64. The van der Waals surface area contributed by atoms with Crippen LogP contribution in [0, 0.1) is 10.1 Å². The maximum Gasteiger partial charge on any atom is 0.273 e. The lowest BCUT2D eigenvalue weighted by Crippen LogP contribution is -1.99. The highest BCUT2D eigenvalue weighted by molar-refractivity contribution is 6.32. The largest absolute Gasteiger partial charge is 0.492 e. The number of hydrogen-bond acceptors (Lipinski definition) is 3. The molecule has 2 aromatic rings. The van der Waals surface area contributed by atoms with E-state index in [2.05, 4.69) is 12.1 Å². The Morgan fingerprint density at radius 3 is 2.57 bits per heavy atom. The Balaban J connectivity index is 1.78. The van der Waals surface area contributed by atoms with Gasteiger partial charge in [-0.15, -0.1) is 0 Å². The topological polar surface area (TPSA) is 52.4 Å². The van der Waals surface area contributed by atoms with Gasteiger partial charge < -0.3 is 4.74 Å². The van der Waals surface area contributed by atoms with Crippen LogP contribution in [0.25, 0.3) is 0 Å². The lowest BCUT2D eigenvalue weighted by molar-refractivity contribution is -0.384. The SMILES string of the molecule is O=[N+]([O-])c1ccc(Cl)c(OCCCCc2ccccc2)c1. The van der Waals surface area contributed by atoms with E-state index < -0.39 is 4.92 Å². The molecule has 0 radical (unpaired) electrons. The number of nitro groups is 1. The summed E-state index contributed by atoms with van der Waals surface area (Å²) in [6.45, 7) is 0.494. The number of benzene rings is 2. The van der Waals surface area contributed by atoms with Crippen molar-refractivity contribution in [3.05, 3.63) is 69.2 Å². The van der Waals surface area contributed by atoms with E-state index >= 15 is 0 Å². The van der Waals surface area contributed by atoms with Gasteiger partial charge in [0, 0.05) is 6.07 Å². The number of rotatable bonds is 7. The number of nitrogens with zero attached hydrogens (tertiary/aromatic N) is 1. The minimum absolute atomic E-state index is 0.0151. The fourth-order valence-electron chi connectivity index (χ4n) is 1.97. The zero-order valence-corrected chi connectivity index (χ0v) is 12.3. The molecule has 0 saturated heterocycles. The van der Waals surface area contributed by atoms with Crippen molar-refractivity contribution in [1.82, 2.24) is 0 Å². The molecule has 0 unspecified atom stereocenters. The molecule has 5 heteroatoms. The number of halogens is 1. The van der Waals surface area contributed by atoms with Gasteiger partial charge in [-0.05, 0) is 30.9 Å². The maximum atomic E-state index is 10.7. The monoisotopic (exact) mass is 305 g/mol. The first kappa shape index (κ1) is 15.3. The van der Waals surface area contributed by atoms with Gasteiger partial charge in [-0.3, -0.25) is 10.1 Å². The Morgan fingerprint density at radius 1 is 1.10 bits per heavy atom. The second-order valence-corrected chi connectivity index (χ2v) is 5.07. The molecule has 0 heterocycles. The second-order valence-electron chi connectivity index (χ2n) is 4.66. The van der Waals surface area contributed by atoms with Crippen LogP contribution in [0.4, 0.5) is 5.69 Å². The average Bonchev–Trinajstić information content (AvgIpc) is 2.49. The van der Waals surface area contributed by atoms with Crippen molar-refractivity contribution in [3.63, 3.8) is 0 Å². The fourth-order valence-corrected chi connectivity index (χ4v) is 2.15. The van der Waals surface area contributed by atoms with Gasteiger partial charge >= 0.3 is 0 Å². The zero-order chi connectivity index (χ0) is 15.1. The lowest BCUT2D eigenvalue weighted by atomic mass is 10.1. The summed E-state index contributed by atoms with van der Waals surface area (Å²) in [5.41, 5.74) is 1.28. The van der Waals surface area contributed by atoms with Crippen LogP contribution in [0.15, 0.2) is 48.5 Å². The van der Waals surface area contributed by atoms with Crippen LogP contribution in [-0.2, 0) is 6.42 Å². The highest BCUT2D eigenvalue weighted by Crippen LogP contribution is 2.28. The van der Waals surface area contributed by atoms with E-state index in [1.165, 1.54) is 23.8 Å². The molecule has 2 rings (SSSR count). The predicted octanol–water partition coefficient (Wildman–Crippen LogP) is 4.65. The van der Waals surface area contributed by atoms with Gasteiger partial charge in [-0.25, -0.2) is 0 Å². The Labute approximate surface area is 128 Å². The van der Waals surface area contributed by atoms with Crippen molar-refractivity contribution < 1.29 is 9.66 Å². The van der Waals surface area contributed by atoms with E-state index in [0.717, 1.165) is 19.3 Å². The standard InChI is InChI=1S/C16H16ClNO3/c17-15-10-9-14(18(19)20)12-16(15)21-11-5-4-8-13-6-2-1-3-7-13/h1-3,6-7,9-10,12H,4-5,8,11H2. The Hall–Kier alpha value is -2.07. The number of hydrogen-bond donors (Lipinski definition) is 0. The maximum absolute atomic E-state index is 10.7. The minimum Gasteiger partial charge on any atom is -0.492 e. The first-order chi connectivity index (χ1) is 10.2. The first-order valence-corrected chi connectivity index (χ1v) is 7.15. The van der Waals surface area contributed by atoms with Crippen LogP contribution in [0.1, 0.15) is 18.4 Å². The van der Waals surface area contributed by atoms with E-state index in [-0.39, 0.29) is 5.69 Å². The highest BCUT2D eigenvalue weighted by atomic mass is 35.5. The van der Waals surface area contributed by atoms with Gasteiger partial charge in [-0.1, -0.05) is 41.9 Å². The molecule has 0 aromatic heterocycles. The summed E-state index contributed by atoms with van der Waals surface area (Å²) in [4.78, 5) is 10.2. The van der Waals surface area contributed by atoms with Crippen molar-refractivity contribution in [3.8, 4) is 5.75 Å². The molecule has 4 nitrogen and oxygen atoms in total. The summed E-state index contributed by atoms with van der Waals surface area (Å²) >= 11 is 5.96. The van der Waals surface area contributed by atoms with Crippen LogP contribution in [0.5, 0.6) is 5.75 Å². The third-order valence-electron chi connectivity index (χ3n) is 3.09. The van der Waals surface area contributed by atoms with E-state index in [4.69, 9.17) is 16.3 Å². The fraction of sp³-hybridized carbons (Fsp3) is 0.250. The summed E-state index contributed by atoms with van der Waals surface area (Å²) in [5, 5.41) is 11.1. The molecule has 0 aliphatic carbocycles. The molecule has 2 aromatic carbocycles. The molecule has 0 aliphatic heterocycles. The summed E-state index contributed by atoms with van der Waals surface area (Å²) in [6.07, 6.45) is 2.86. The van der Waals surface area contributed by atoms with E-state index in [9.17, 15) is 10.1 Å². The number of aryl methyl sites for hydroxylation is 1. The quantitative estimate of drug-likeness (QED) is 0.425. The molecule has 110 valence electrons. The van der Waals surface area contributed by atoms with Crippen molar-refractivity contribution in [2.45, 2.75) is 19.3 Å². The number of non-ortho nitro benzene ring substituents is 1. The van der Waals surface area contributed by atoms with Gasteiger partial charge in [0.1, 0.15) is 5.75 Å². The highest BCUT2D eigenvalue weighted by Gasteiger charge is 2.10. The van der Waals surface area contributed by atoms with Crippen LogP contribution >= 0.6 is 11.6 Å². The molecule has 0 bridgehead atoms. The molecule has 0 saturated carbocycles. The van der Waals surface area contributed by atoms with Gasteiger partial charge in [0.15, 0.2) is 0 Å². The molecule has 0 fully saturated rings. The molecule has 21 heavy (non-hydrogen) atoms. The Bertz CT molecular complexity index is 602. The van der Waals surface area contributed by atoms with Gasteiger partial charge in [0.05, 0.1) is 22.6 Å². The van der Waals surface area contributed by atoms with Crippen molar-refractivity contribution >= 4 is 17.3 Å². The smallest absolute Gasteiger partial charge is 0.273 e. The summed E-state index contributed by atoms with van der Waals surface area (Å²) in [6, 6.07) is 14.4. The van der Waals surface area contributed by atoms with Gasteiger partial charge in [-0.2, -0.15) is 0 Å². The van der Waals surface area contributed by atoms with Crippen molar-refractivity contribution in [2.75, 3.05) is 6.61 Å². The van der Waals surface area contributed by atoms with Crippen LogP contribution in [0.3, 0.4) is 0 Å². The summed E-state index contributed by atoms with van der Waals surface area (Å²) in [5.74, 6) is 0.366. The van der Waals surface area contributed by atoms with Crippen molar-refractivity contribution in [1.29, 1.82) is 0 Å². The molecular formula is C16H16ClNO3. The third-order valence-corrected chi connectivity index (χ3v) is 3.40. The predicted molar refractivity (Wildman–Crippen MR) is 83.0 cm³/mol. The third kappa shape index (κ3) is 4.76. The zero-order valence-electron chi connectivity index (χ0n) is 11.5. The molecule has 0 aliphatic rings. The number of unbranched alkanes of at least 4 members (excludes halogenated alkanes) is 1. The Morgan fingerprint density at radius 2 is 1.86 bits per heavy atom. The lowest BCUT2D eigenvalue weighted by Gasteiger charge is -2.07. The first-order valence-electron chi connectivity index (χ1n) is 6.77. The van der Waals surface area contributed by atoms with Crippen LogP contribution in [0.2, 0.25) is 5.02 Å². The molecular weight excluding hydrogens is 290 g/mol. The van der Waals surface area contributed by atoms with Crippen LogP contribution < -0.4 is 4.74 Å². The van der Waals surface area contributed by atoms with Gasteiger partial charge in [0.25, 0.3) is 5.69 Å². The number of ether oxygens (including phenoxy) is 1. The average molecular weight is 306 g/mol. The van der Waals surface area contributed by atoms with Crippen molar-refractivity contribution in [2.24, 2.45) is 0 Å².